The maximum Gasteiger partial charge on any atom is 0.311 e. The first-order valence-corrected chi connectivity index (χ1v) is 10.5. The van der Waals surface area contributed by atoms with E-state index in [-0.39, 0.29) is 25.1 Å². The fourth-order valence-electron chi connectivity index (χ4n) is 3.09. The zero-order chi connectivity index (χ0) is 19.2. The molecule has 0 aliphatic carbocycles. The number of halogens is 1. The van der Waals surface area contributed by atoms with Gasteiger partial charge in [-0.15, -0.1) is 11.3 Å². The molecule has 7 heteroatoms. The van der Waals surface area contributed by atoms with E-state index >= 15 is 0 Å². The number of hydrogen-bond acceptors (Lipinski definition) is 6. The molecule has 27 heavy (non-hydrogen) atoms. The van der Waals surface area contributed by atoms with Crippen molar-refractivity contribution in [2.24, 2.45) is 5.92 Å². The Morgan fingerprint density at radius 3 is 3.04 bits per heavy atom. The average Bonchev–Trinajstić information content (AvgIpc) is 3.08. The zero-order valence-corrected chi connectivity index (χ0v) is 17.3. The van der Waals surface area contributed by atoms with Crippen molar-refractivity contribution in [3.8, 4) is 10.6 Å². The van der Waals surface area contributed by atoms with Gasteiger partial charge in [0.05, 0.1) is 23.7 Å². The summed E-state index contributed by atoms with van der Waals surface area (Å²) in [7, 11) is 0. The fourth-order valence-corrected chi connectivity index (χ4v) is 4.23. The quantitative estimate of drug-likeness (QED) is 0.650. The Kier molecular flexibility index (Phi) is 7.24. The first kappa shape index (κ1) is 20.3. The normalized spacial score (nSPS) is 18.0. The highest BCUT2D eigenvalue weighted by Crippen LogP contribution is 2.30. The first-order chi connectivity index (χ1) is 13.0. The summed E-state index contributed by atoms with van der Waals surface area (Å²) in [6, 6.07) is 7.56. The van der Waals surface area contributed by atoms with E-state index in [0.717, 1.165) is 30.2 Å². The fraction of sp³-hybridized carbons (Fsp3) is 0.500. The van der Waals surface area contributed by atoms with Gasteiger partial charge >= 0.3 is 5.97 Å². The maximum absolute atomic E-state index is 12.2. The van der Waals surface area contributed by atoms with Crippen molar-refractivity contribution in [3.05, 3.63) is 40.4 Å². The van der Waals surface area contributed by atoms with Crippen LogP contribution in [0, 0.1) is 5.92 Å². The Balaban J connectivity index is 1.48. The number of carbonyl (C=O) groups is 1. The van der Waals surface area contributed by atoms with E-state index in [1.807, 2.05) is 29.6 Å². The van der Waals surface area contributed by atoms with Crippen molar-refractivity contribution in [3.63, 3.8) is 0 Å². The van der Waals surface area contributed by atoms with Gasteiger partial charge < -0.3 is 9.47 Å². The van der Waals surface area contributed by atoms with Crippen LogP contribution >= 0.6 is 22.9 Å². The number of aromatic nitrogens is 1. The van der Waals surface area contributed by atoms with Crippen molar-refractivity contribution in [1.82, 2.24) is 9.88 Å². The summed E-state index contributed by atoms with van der Waals surface area (Å²) in [5.41, 5.74) is 1.58. The monoisotopic (exact) mass is 408 g/mol. The number of hydrogen-bond donors (Lipinski definition) is 0. The van der Waals surface area contributed by atoms with Crippen LogP contribution in [0.1, 0.15) is 19.5 Å². The van der Waals surface area contributed by atoms with E-state index in [1.165, 1.54) is 11.3 Å². The van der Waals surface area contributed by atoms with Crippen LogP contribution in [-0.4, -0.2) is 54.8 Å². The van der Waals surface area contributed by atoms with Gasteiger partial charge in [0.2, 0.25) is 0 Å². The van der Waals surface area contributed by atoms with Gasteiger partial charge in [0, 0.05) is 30.6 Å². The Morgan fingerprint density at radius 2 is 2.26 bits per heavy atom. The molecule has 1 aliphatic rings. The molecule has 2 aromatic rings. The smallest absolute Gasteiger partial charge is 0.311 e. The SMILES string of the molecule is CC(C)CN1CCOC(COC(=O)Cc2csc(-c3ccccc3Cl)n2)C1. The Bertz CT molecular complexity index is 765. The predicted octanol–water partition coefficient (Wildman–Crippen LogP) is 3.91. The number of thiazole rings is 1. The van der Waals surface area contributed by atoms with E-state index < -0.39 is 0 Å². The van der Waals surface area contributed by atoms with Crippen LogP contribution in [0.2, 0.25) is 5.02 Å². The standard InChI is InChI=1S/C20H25ClN2O3S/c1-14(2)10-23-7-8-25-16(11-23)12-26-19(24)9-15-13-27-20(22-15)17-5-3-4-6-18(17)21/h3-6,13-14,16H,7-12H2,1-2H3. The van der Waals surface area contributed by atoms with Gasteiger partial charge in [-0.3, -0.25) is 9.69 Å². The molecule has 0 amide bonds. The molecule has 5 nitrogen and oxygen atoms in total. The summed E-state index contributed by atoms with van der Waals surface area (Å²) in [5.74, 6) is 0.332. The second kappa shape index (κ2) is 9.64. The molecular formula is C20H25ClN2O3S. The number of benzene rings is 1. The molecule has 1 saturated heterocycles. The minimum absolute atomic E-state index is 0.0597. The van der Waals surface area contributed by atoms with Gasteiger partial charge in [-0.05, 0) is 12.0 Å². The minimum Gasteiger partial charge on any atom is -0.463 e. The Labute approximate surface area is 169 Å². The van der Waals surface area contributed by atoms with Crippen molar-refractivity contribution in [1.29, 1.82) is 0 Å². The molecule has 1 fully saturated rings. The van der Waals surface area contributed by atoms with Crippen LogP contribution < -0.4 is 0 Å². The maximum atomic E-state index is 12.2. The molecule has 0 bridgehead atoms. The molecule has 0 saturated carbocycles. The number of ether oxygens (including phenoxy) is 2. The highest BCUT2D eigenvalue weighted by atomic mass is 35.5. The molecular weight excluding hydrogens is 384 g/mol. The number of esters is 1. The Hall–Kier alpha value is -1.47. The predicted molar refractivity (Wildman–Crippen MR) is 108 cm³/mol. The number of nitrogens with zero attached hydrogens (tertiary/aromatic N) is 2. The van der Waals surface area contributed by atoms with Crippen LogP contribution in [0.25, 0.3) is 10.6 Å². The summed E-state index contributed by atoms with van der Waals surface area (Å²) in [5, 5.41) is 3.34. The molecule has 0 N–H and O–H groups in total. The third-order valence-electron chi connectivity index (χ3n) is 4.26. The average molecular weight is 409 g/mol. The van der Waals surface area contributed by atoms with Crippen LogP contribution in [0.3, 0.4) is 0 Å². The lowest BCUT2D eigenvalue weighted by atomic mass is 10.2. The summed E-state index contributed by atoms with van der Waals surface area (Å²) in [4.78, 5) is 19.1. The zero-order valence-electron chi connectivity index (χ0n) is 15.7. The topological polar surface area (TPSA) is 51.7 Å². The van der Waals surface area contributed by atoms with Crippen molar-refractivity contribution in [2.75, 3.05) is 32.8 Å². The number of carbonyl (C=O) groups excluding carboxylic acids is 1. The molecule has 1 aromatic heterocycles. The van der Waals surface area contributed by atoms with Gasteiger partial charge in [-0.2, -0.15) is 0 Å². The minimum atomic E-state index is -0.282. The van der Waals surface area contributed by atoms with E-state index in [4.69, 9.17) is 21.1 Å². The van der Waals surface area contributed by atoms with Crippen molar-refractivity contribution < 1.29 is 14.3 Å². The molecule has 2 heterocycles. The molecule has 146 valence electrons. The van der Waals surface area contributed by atoms with Crippen LogP contribution in [0.5, 0.6) is 0 Å². The van der Waals surface area contributed by atoms with Gasteiger partial charge in [0.25, 0.3) is 0 Å². The lowest BCUT2D eigenvalue weighted by Gasteiger charge is -2.33. The summed E-state index contributed by atoms with van der Waals surface area (Å²) in [6.45, 7) is 8.16. The number of rotatable bonds is 7. The van der Waals surface area contributed by atoms with Gasteiger partial charge in [-0.1, -0.05) is 43.6 Å². The highest BCUT2D eigenvalue weighted by molar-refractivity contribution is 7.13. The second-order valence-electron chi connectivity index (χ2n) is 7.13. The first-order valence-electron chi connectivity index (χ1n) is 9.20. The van der Waals surface area contributed by atoms with Crippen LogP contribution in [-0.2, 0) is 20.7 Å². The molecule has 1 unspecified atom stereocenters. The highest BCUT2D eigenvalue weighted by Gasteiger charge is 2.22. The lowest BCUT2D eigenvalue weighted by molar-refractivity contribution is -0.149. The molecule has 0 radical (unpaired) electrons. The summed E-state index contributed by atoms with van der Waals surface area (Å²) >= 11 is 7.69. The molecule has 0 spiro atoms. The third-order valence-corrected chi connectivity index (χ3v) is 5.51. The van der Waals surface area contributed by atoms with E-state index in [2.05, 4.69) is 23.7 Å². The largest absolute Gasteiger partial charge is 0.463 e. The van der Waals surface area contributed by atoms with Crippen LogP contribution in [0.15, 0.2) is 29.6 Å². The molecule has 3 rings (SSSR count). The third kappa shape index (κ3) is 6.01. The van der Waals surface area contributed by atoms with Gasteiger partial charge in [0.1, 0.15) is 17.7 Å². The summed E-state index contributed by atoms with van der Waals surface area (Å²) < 4.78 is 11.1. The van der Waals surface area contributed by atoms with E-state index in [1.54, 1.807) is 0 Å². The number of morpholine rings is 1. The van der Waals surface area contributed by atoms with Gasteiger partial charge in [0.15, 0.2) is 0 Å². The summed E-state index contributed by atoms with van der Waals surface area (Å²) in [6.07, 6.45) is 0.0965. The van der Waals surface area contributed by atoms with E-state index in [0.29, 0.717) is 23.2 Å². The Morgan fingerprint density at radius 1 is 1.44 bits per heavy atom. The van der Waals surface area contributed by atoms with E-state index in [9.17, 15) is 4.79 Å². The molecule has 1 atom stereocenters. The van der Waals surface area contributed by atoms with Crippen LogP contribution in [0.4, 0.5) is 0 Å². The van der Waals surface area contributed by atoms with Crippen molar-refractivity contribution >= 4 is 28.9 Å². The molecule has 1 aliphatic heterocycles. The molecule has 1 aromatic carbocycles. The second-order valence-corrected chi connectivity index (χ2v) is 8.40. The van der Waals surface area contributed by atoms with Crippen molar-refractivity contribution in [2.45, 2.75) is 26.4 Å². The van der Waals surface area contributed by atoms with Gasteiger partial charge in [-0.25, -0.2) is 4.98 Å². The lowest BCUT2D eigenvalue weighted by Crippen LogP contribution is -2.45.